The van der Waals surface area contributed by atoms with Crippen molar-refractivity contribution >= 4 is 11.6 Å². The number of carbonyl (C=O) groups excluding carboxylic acids is 2. The second-order valence-electron chi connectivity index (χ2n) is 4.01. The van der Waals surface area contributed by atoms with Gasteiger partial charge in [-0.1, -0.05) is 20.8 Å². The molecule has 1 saturated carbocycles. The third-order valence-electron chi connectivity index (χ3n) is 3.14. The van der Waals surface area contributed by atoms with Gasteiger partial charge in [0.15, 0.2) is 0 Å². The van der Waals surface area contributed by atoms with Crippen LogP contribution < -0.4 is 0 Å². The van der Waals surface area contributed by atoms with Crippen LogP contribution in [-0.2, 0) is 9.59 Å². The van der Waals surface area contributed by atoms with Crippen LogP contribution in [0.1, 0.15) is 40.0 Å². The zero-order valence-electron chi connectivity index (χ0n) is 8.02. The van der Waals surface area contributed by atoms with E-state index in [9.17, 15) is 9.59 Å². The topological polar surface area (TPSA) is 34.1 Å². The molecule has 0 saturated heterocycles. The van der Waals surface area contributed by atoms with E-state index in [2.05, 4.69) is 0 Å². The zero-order chi connectivity index (χ0) is 9.35. The van der Waals surface area contributed by atoms with E-state index in [1.165, 1.54) is 0 Å². The first-order valence-corrected chi connectivity index (χ1v) is 4.55. The van der Waals surface area contributed by atoms with Gasteiger partial charge >= 0.3 is 0 Å². The van der Waals surface area contributed by atoms with Crippen LogP contribution in [0.15, 0.2) is 0 Å². The minimum atomic E-state index is -0.355. The molecule has 1 aliphatic carbocycles. The van der Waals surface area contributed by atoms with Gasteiger partial charge in [0.25, 0.3) is 0 Å². The molecule has 68 valence electrons. The largest absolute Gasteiger partial charge is 0.300 e. The Kier molecular flexibility index (Phi) is 2.36. The van der Waals surface area contributed by atoms with E-state index in [1.54, 1.807) is 0 Å². The lowest BCUT2D eigenvalue weighted by molar-refractivity contribution is -0.130. The van der Waals surface area contributed by atoms with Gasteiger partial charge in [-0.3, -0.25) is 9.59 Å². The highest BCUT2D eigenvalue weighted by molar-refractivity contribution is 5.94. The number of rotatable bonds is 2. The fourth-order valence-corrected chi connectivity index (χ4v) is 2.00. The summed E-state index contributed by atoms with van der Waals surface area (Å²) in [5.41, 5.74) is -0.355. The van der Waals surface area contributed by atoms with Gasteiger partial charge in [-0.15, -0.1) is 0 Å². The summed E-state index contributed by atoms with van der Waals surface area (Å²) in [5, 5.41) is 0. The summed E-state index contributed by atoms with van der Waals surface area (Å²) in [4.78, 5) is 22.7. The van der Waals surface area contributed by atoms with Crippen molar-refractivity contribution in [1.82, 2.24) is 0 Å². The van der Waals surface area contributed by atoms with Crippen LogP contribution in [-0.4, -0.2) is 11.6 Å². The Morgan fingerprint density at radius 2 is 2.25 bits per heavy atom. The average molecular weight is 168 g/mol. The second-order valence-corrected chi connectivity index (χ2v) is 4.01. The van der Waals surface area contributed by atoms with Gasteiger partial charge in [0.2, 0.25) is 0 Å². The number of Topliss-reactive ketones (excluding diaryl/α,β-unsaturated/α-hetero) is 2. The Morgan fingerprint density at radius 1 is 1.67 bits per heavy atom. The van der Waals surface area contributed by atoms with E-state index in [4.69, 9.17) is 0 Å². The lowest BCUT2D eigenvalue weighted by Gasteiger charge is -2.25. The fraction of sp³-hybridized carbons (Fsp3) is 0.800. The first kappa shape index (κ1) is 9.43. The third kappa shape index (κ3) is 1.30. The Hall–Kier alpha value is -0.660. The van der Waals surface area contributed by atoms with Crippen molar-refractivity contribution in [2.75, 3.05) is 0 Å². The Balaban J connectivity index is 2.84. The fourth-order valence-electron chi connectivity index (χ4n) is 2.00. The Labute approximate surface area is 73.3 Å². The van der Waals surface area contributed by atoms with Gasteiger partial charge in [-0.05, 0) is 5.92 Å². The monoisotopic (exact) mass is 168 g/mol. The predicted molar refractivity (Wildman–Crippen MR) is 46.8 cm³/mol. The molecule has 0 aromatic carbocycles. The minimum Gasteiger partial charge on any atom is -0.300 e. The van der Waals surface area contributed by atoms with Crippen LogP contribution >= 0.6 is 0 Å². The highest BCUT2D eigenvalue weighted by atomic mass is 16.1. The molecule has 0 aromatic rings. The minimum absolute atomic E-state index is 0.234. The van der Waals surface area contributed by atoms with Gasteiger partial charge in [0, 0.05) is 24.7 Å². The van der Waals surface area contributed by atoms with E-state index < -0.39 is 0 Å². The maximum Gasteiger partial charge on any atom is 0.139 e. The van der Waals surface area contributed by atoms with Crippen molar-refractivity contribution in [2.45, 2.75) is 40.0 Å². The zero-order valence-corrected chi connectivity index (χ0v) is 8.02. The van der Waals surface area contributed by atoms with Gasteiger partial charge < -0.3 is 0 Å². The van der Waals surface area contributed by atoms with E-state index in [0.29, 0.717) is 19.3 Å². The van der Waals surface area contributed by atoms with Crippen molar-refractivity contribution in [3.8, 4) is 0 Å². The number of hydrogen-bond donors (Lipinski definition) is 0. The summed E-state index contributed by atoms with van der Waals surface area (Å²) in [6.07, 6.45) is 1.59. The van der Waals surface area contributed by atoms with E-state index in [1.807, 2.05) is 20.8 Å². The molecule has 0 N–H and O–H groups in total. The van der Waals surface area contributed by atoms with Crippen LogP contribution in [0.4, 0.5) is 0 Å². The van der Waals surface area contributed by atoms with Gasteiger partial charge in [-0.25, -0.2) is 0 Å². The van der Waals surface area contributed by atoms with E-state index in [-0.39, 0.29) is 22.9 Å². The smallest absolute Gasteiger partial charge is 0.139 e. The quantitative estimate of drug-likeness (QED) is 0.631. The van der Waals surface area contributed by atoms with Crippen LogP contribution in [0.5, 0.6) is 0 Å². The van der Waals surface area contributed by atoms with Gasteiger partial charge in [0.05, 0.1) is 0 Å². The molecule has 0 unspecified atom stereocenters. The second kappa shape index (κ2) is 3.00. The van der Waals surface area contributed by atoms with Gasteiger partial charge in [0.1, 0.15) is 11.6 Å². The number of carbonyl (C=O) groups is 2. The average Bonchev–Trinajstić information content (AvgIpc) is 2.26. The maximum atomic E-state index is 11.5. The molecule has 12 heavy (non-hydrogen) atoms. The molecule has 0 radical (unpaired) electrons. The van der Waals surface area contributed by atoms with Gasteiger partial charge in [-0.2, -0.15) is 0 Å². The molecule has 0 aromatic heterocycles. The summed E-state index contributed by atoms with van der Waals surface area (Å²) in [5.74, 6) is 0.713. The molecule has 1 fully saturated rings. The molecule has 0 aliphatic heterocycles. The molecule has 2 heteroatoms. The highest BCUT2D eigenvalue weighted by Crippen LogP contribution is 2.42. The summed E-state index contributed by atoms with van der Waals surface area (Å²) in [7, 11) is 0. The van der Waals surface area contributed by atoms with Crippen LogP contribution in [0.3, 0.4) is 0 Å². The highest BCUT2D eigenvalue weighted by Gasteiger charge is 2.44. The predicted octanol–water partition coefficient (Wildman–Crippen LogP) is 1.97. The molecule has 0 heterocycles. The van der Waals surface area contributed by atoms with Crippen molar-refractivity contribution in [1.29, 1.82) is 0 Å². The summed E-state index contributed by atoms with van der Waals surface area (Å²) >= 11 is 0. The van der Waals surface area contributed by atoms with E-state index >= 15 is 0 Å². The van der Waals surface area contributed by atoms with Crippen LogP contribution in [0.2, 0.25) is 0 Å². The van der Waals surface area contributed by atoms with Crippen molar-refractivity contribution < 1.29 is 9.59 Å². The lowest BCUT2D eigenvalue weighted by atomic mass is 9.76. The number of ketones is 2. The molecular weight excluding hydrogens is 152 g/mol. The molecule has 2 atom stereocenters. The first-order chi connectivity index (χ1) is 5.50. The van der Waals surface area contributed by atoms with Crippen molar-refractivity contribution in [3.63, 3.8) is 0 Å². The summed E-state index contributed by atoms with van der Waals surface area (Å²) < 4.78 is 0. The molecule has 1 aliphatic rings. The number of hydrogen-bond acceptors (Lipinski definition) is 2. The van der Waals surface area contributed by atoms with Crippen LogP contribution in [0.25, 0.3) is 0 Å². The normalized spacial score (nSPS) is 35.6. The standard InChI is InChI=1S/C10H16O2/c1-4-9(12)10(3)6-8(11)5-7(10)2/h7H,4-6H2,1-3H3/t7-,10-/m1/s1. The molecule has 0 spiro atoms. The molecule has 0 bridgehead atoms. The summed E-state index contributed by atoms with van der Waals surface area (Å²) in [6, 6.07) is 0. The van der Waals surface area contributed by atoms with E-state index in [0.717, 1.165) is 0 Å². The SMILES string of the molecule is CCC(=O)[C@]1(C)CC(=O)C[C@H]1C. The maximum absolute atomic E-state index is 11.5. The van der Waals surface area contributed by atoms with Crippen molar-refractivity contribution in [2.24, 2.45) is 11.3 Å². The van der Waals surface area contributed by atoms with Crippen molar-refractivity contribution in [3.05, 3.63) is 0 Å². The molecule has 0 amide bonds. The lowest BCUT2D eigenvalue weighted by Crippen LogP contribution is -2.29. The molecule has 2 nitrogen and oxygen atoms in total. The summed E-state index contributed by atoms with van der Waals surface area (Å²) in [6.45, 7) is 5.79. The molecule has 1 rings (SSSR count). The Bertz CT molecular complexity index is 220. The molecular formula is C10H16O2. The Morgan fingerprint density at radius 3 is 2.58 bits per heavy atom. The van der Waals surface area contributed by atoms with Crippen LogP contribution in [0, 0.1) is 11.3 Å². The first-order valence-electron chi connectivity index (χ1n) is 4.55. The third-order valence-corrected chi connectivity index (χ3v) is 3.14.